The van der Waals surface area contributed by atoms with Crippen molar-refractivity contribution in [2.24, 2.45) is 0 Å². The Labute approximate surface area is 112 Å². The molecule has 0 saturated carbocycles. The van der Waals surface area contributed by atoms with Crippen LogP contribution in [-0.2, 0) is 23.5 Å². The molecule has 0 aliphatic rings. The fourth-order valence-electron chi connectivity index (χ4n) is 2.34. The lowest BCUT2D eigenvalue weighted by atomic mass is 9.88. The minimum absolute atomic E-state index is 0.980. The van der Waals surface area contributed by atoms with E-state index in [2.05, 4.69) is 32.0 Å². The molecule has 0 unspecified atom stereocenters. The van der Waals surface area contributed by atoms with Crippen molar-refractivity contribution in [1.82, 2.24) is 0 Å². The summed E-state index contributed by atoms with van der Waals surface area (Å²) in [7, 11) is 0. The predicted octanol–water partition coefficient (Wildman–Crippen LogP) is 5.04. The Balaban J connectivity index is 2.96. The Bertz CT molecular complexity index is 360. The largest absolute Gasteiger partial charge is 0.225 e. The van der Waals surface area contributed by atoms with E-state index in [0.717, 1.165) is 18.4 Å². The fourth-order valence-corrected chi connectivity index (χ4v) is 2.34. The third-order valence-corrected chi connectivity index (χ3v) is 3.44. The van der Waals surface area contributed by atoms with Crippen LogP contribution in [0, 0.1) is 0 Å². The zero-order valence-corrected chi connectivity index (χ0v) is 12.4. The van der Waals surface area contributed by atoms with Gasteiger partial charge in [-0.1, -0.05) is 44.9 Å². The number of aryl methyl sites for hydroxylation is 2. The second kappa shape index (κ2) is 6.94. The van der Waals surface area contributed by atoms with Gasteiger partial charge in [0.05, 0.1) is 0 Å². The van der Waals surface area contributed by atoms with Gasteiger partial charge < -0.3 is 0 Å². The van der Waals surface area contributed by atoms with Gasteiger partial charge in [-0.2, -0.15) is 0 Å². The molecule has 101 valence electrons. The number of hydrogen-bond donors (Lipinski definition) is 0. The summed E-state index contributed by atoms with van der Waals surface area (Å²) in [5, 5.41) is 12.2. The molecule has 0 atom stereocenters. The molecule has 0 spiro atoms. The fraction of sp³-hybridized carbons (Fsp3) is 0.647. The van der Waals surface area contributed by atoms with Crippen molar-refractivity contribution in [2.75, 3.05) is 0 Å². The SMILES string of the molecule is CCCCc1ccc(C(C)(C)[O])c(CCCC)c1. The van der Waals surface area contributed by atoms with Gasteiger partial charge in [-0.15, -0.1) is 0 Å². The molecule has 1 nitrogen and oxygen atoms in total. The van der Waals surface area contributed by atoms with Crippen LogP contribution >= 0.6 is 0 Å². The number of benzene rings is 1. The molecule has 0 fully saturated rings. The van der Waals surface area contributed by atoms with Gasteiger partial charge in [-0.3, -0.25) is 0 Å². The Morgan fingerprint density at radius 1 is 1.00 bits per heavy atom. The minimum atomic E-state index is -0.980. The molecule has 1 rings (SSSR count). The van der Waals surface area contributed by atoms with Crippen molar-refractivity contribution >= 4 is 0 Å². The third-order valence-electron chi connectivity index (χ3n) is 3.44. The van der Waals surface area contributed by atoms with Gasteiger partial charge in [0.1, 0.15) is 5.60 Å². The van der Waals surface area contributed by atoms with Crippen LogP contribution in [0.25, 0.3) is 0 Å². The predicted molar refractivity (Wildman–Crippen MR) is 77.4 cm³/mol. The van der Waals surface area contributed by atoms with E-state index in [4.69, 9.17) is 0 Å². The first kappa shape index (κ1) is 15.2. The standard InChI is InChI=1S/C17H27O/c1-5-7-9-14-11-12-16(17(3,4)18)15(13-14)10-8-6-2/h11-13H,5-10H2,1-4H3. The number of rotatable bonds is 7. The molecule has 0 aromatic heterocycles. The van der Waals surface area contributed by atoms with E-state index in [1.54, 1.807) is 13.8 Å². The van der Waals surface area contributed by atoms with Crippen molar-refractivity contribution in [3.05, 3.63) is 34.9 Å². The molecule has 1 radical (unpaired) electrons. The summed E-state index contributed by atoms with van der Waals surface area (Å²) in [5.74, 6) is 0. The lowest BCUT2D eigenvalue weighted by Gasteiger charge is -2.20. The first-order valence-corrected chi connectivity index (χ1v) is 7.31. The van der Waals surface area contributed by atoms with Gasteiger partial charge >= 0.3 is 0 Å². The van der Waals surface area contributed by atoms with Crippen molar-refractivity contribution in [1.29, 1.82) is 0 Å². The maximum atomic E-state index is 12.2. The highest BCUT2D eigenvalue weighted by atomic mass is 16.3. The van der Waals surface area contributed by atoms with E-state index >= 15 is 0 Å². The Morgan fingerprint density at radius 2 is 1.61 bits per heavy atom. The number of hydrogen-bond acceptors (Lipinski definition) is 0. The second-order valence-electron chi connectivity index (χ2n) is 5.71. The molecular weight excluding hydrogens is 220 g/mol. The van der Waals surface area contributed by atoms with Gasteiger partial charge in [0.15, 0.2) is 0 Å². The van der Waals surface area contributed by atoms with Crippen molar-refractivity contribution < 1.29 is 5.11 Å². The van der Waals surface area contributed by atoms with Crippen LogP contribution in [0.15, 0.2) is 18.2 Å². The van der Waals surface area contributed by atoms with Crippen molar-refractivity contribution in [3.63, 3.8) is 0 Å². The molecule has 0 heterocycles. The summed E-state index contributed by atoms with van der Waals surface area (Å²) in [4.78, 5) is 0. The molecule has 0 aliphatic carbocycles. The molecule has 0 aliphatic heterocycles. The highest BCUT2D eigenvalue weighted by molar-refractivity contribution is 5.35. The van der Waals surface area contributed by atoms with Gasteiger partial charge in [0.2, 0.25) is 0 Å². The van der Waals surface area contributed by atoms with E-state index in [0.29, 0.717) is 0 Å². The topological polar surface area (TPSA) is 19.9 Å². The lowest BCUT2D eigenvalue weighted by molar-refractivity contribution is -0.000868. The average molecular weight is 247 g/mol. The minimum Gasteiger partial charge on any atom is -0.225 e. The summed E-state index contributed by atoms with van der Waals surface area (Å²) >= 11 is 0. The molecular formula is C17H27O. The van der Waals surface area contributed by atoms with Crippen LogP contribution in [0.4, 0.5) is 0 Å². The van der Waals surface area contributed by atoms with Crippen LogP contribution in [0.1, 0.15) is 70.1 Å². The van der Waals surface area contributed by atoms with Crippen molar-refractivity contribution in [3.8, 4) is 0 Å². The van der Waals surface area contributed by atoms with E-state index < -0.39 is 5.60 Å². The van der Waals surface area contributed by atoms with Gasteiger partial charge in [0.25, 0.3) is 0 Å². The highest BCUT2D eigenvalue weighted by Gasteiger charge is 2.21. The molecule has 18 heavy (non-hydrogen) atoms. The van der Waals surface area contributed by atoms with E-state index in [1.165, 1.54) is 36.8 Å². The van der Waals surface area contributed by atoms with Gasteiger partial charge in [-0.25, -0.2) is 5.11 Å². The monoisotopic (exact) mass is 247 g/mol. The van der Waals surface area contributed by atoms with Crippen LogP contribution < -0.4 is 0 Å². The summed E-state index contributed by atoms with van der Waals surface area (Å²) in [5.41, 5.74) is 2.66. The summed E-state index contributed by atoms with van der Waals surface area (Å²) in [6.07, 6.45) is 6.97. The molecule has 1 aromatic carbocycles. The third kappa shape index (κ3) is 4.45. The Kier molecular flexibility index (Phi) is 5.87. The smallest absolute Gasteiger partial charge is 0.123 e. The average Bonchev–Trinajstić information content (AvgIpc) is 2.32. The molecule has 0 amide bonds. The van der Waals surface area contributed by atoms with Crippen molar-refractivity contribution in [2.45, 2.75) is 71.8 Å². The molecule has 1 aromatic rings. The van der Waals surface area contributed by atoms with Gasteiger partial charge in [0, 0.05) is 0 Å². The van der Waals surface area contributed by atoms with Crippen LogP contribution in [0.5, 0.6) is 0 Å². The van der Waals surface area contributed by atoms with Crippen LogP contribution in [0.3, 0.4) is 0 Å². The van der Waals surface area contributed by atoms with E-state index in [1.807, 2.05) is 0 Å². The lowest BCUT2D eigenvalue weighted by Crippen LogP contribution is -2.16. The second-order valence-corrected chi connectivity index (χ2v) is 5.71. The first-order chi connectivity index (χ1) is 8.49. The van der Waals surface area contributed by atoms with E-state index in [9.17, 15) is 5.11 Å². The molecule has 1 heteroatoms. The van der Waals surface area contributed by atoms with Crippen LogP contribution in [0.2, 0.25) is 0 Å². The Morgan fingerprint density at radius 3 is 2.17 bits per heavy atom. The Hall–Kier alpha value is -0.820. The maximum absolute atomic E-state index is 12.2. The van der Waals surface area contributed by atoms with E-state index in [-0.39, 0.29) is 0 Å². The number of unbranched alkanes of at least 4 members (excludes halogenated alkanes) is 2. The van der Waals surface area contributed by atoms with Gasteiger partial charge in [-0.05, 0) is 56.2 Å². The zero-order valence-electron chi connectivity index (χ0n) is 12.4. The normalized spacial score (nSPS) is 11.8. The molecule has 0 bridgehead atoms. The molecule has 0 N–H and O–H groups in total. The first-order valence-electron chi connectivity index (χ1n) is 7.31. The quantitative estimate of drug-likeness (QED) is 0.643. The van der Waals surface area contributed by atoms with Crippen LogP contribution in [-0.4, -0.2) is 0 Å². The summed E-state index contributed by atoms with van der Waals surface area (Å²) < 4.78 is 0. The zero-order chi connectivity index (χ0) is 13.6. The maximum Gasteiger partial charge on any atom is 0.123 e. The summed E-state index contributed by atoms with van der Waals surface area (Å²) in [6.45, 7) is 7.95. The molecule has 0 saturated heterocycles. The summed E-state index contributed by atoms with van der Waals surface area (Å²) in [6, 6.07) is 6.46. The highest BCUT2D eigenvalue weighted by Crippen LogP contribution is 2.27.